The maximum Gasteiger partial charge on any atom is 0.341 e. The summed E-state index contributed by atoms with van der Waals surface area (Å²) >= 11 is 6.54. The number of anilines is 1. The van der Waals surface area contributed by atoms with E-state index in [9.17, 15) is 9.59 Å². The lowest BCUT2D eigenvalue weighted by Gasteiger charge is -2.15. The van der Waals surface area contributed by atoms with Gasteiger partial charge in [-0.2, -0.15) is 0 Å². The fraction of sp³-hybridized carbons (Fsp3) is 0.150. The molecule has 0 atom stereocenters. The third-order valence-corrected chi connectivity index (χ3v) is 5.28. The first kappa shape index (κ1) is 20.7. The molecular weight excluding hydrogens is 414 g/mol. The third-order valence-electron chi connectivity index (χ3n) is 3.98. The largest absolute Gasteiger partial charge is 0.497 e. The molecule has 1 saturated heterocycles. The summed E-state index contributed by atoms with van der Waals surface area (Å²) in [6, 6.07) is 12.1. The van der Waals surface area contributed by atoms with Crippen molar-refractivity contribution in [3.05, 3.63) is 52.9 Å². The molecule has 1 heterocycles. The molecule has 0 aromatic heterocycles. The number of amides is 1. The van der Waals surface area contributed by atoms with Gasteiger partial charge in [0, 0.05) is 5.56 Å². The van der Waals surface area contributed by atoms with Crippen molar-refractivity contribution in [3.63, 3.8) is 0 Å². The number of carbonyl (C=O) groups excluding carboxylic acids is 1. The van der Waals surface area contributed by atoms with E-state index in [1.165, 1.54) is 12.0 Å². The minimum atomic E-state index is -1.12. The van der Waals surface area contributed by atoms with Crippen molar-refractivity contribution in [1.29, 1.82) is 0 Å². The third kappa shape index (κ3) is 4.52. The van der Waals surface area contributed by atoms with E-state index in [-0.39, 0.29) is 11.7 Å². The number of carboxylic acids is 1. The molecule has 1 N–H and O–H groups in total. The van der Waals surface area contributed by atoms with E-state index in [1.807, 2.05) is 0 Å². The Hall–Kier alpha value is -3.04. The van der Waals surface area contributed by atoms with Gasteiger partial charge in [-0.3, -0.25) is 9.69 Å². The molecule has 0 spiro atoms. The molecule has 29 heavy (non-hydrogen) atoms. The van der Waals surface area contributed by atoms with Crippen molar-refractivity contribution in [2.24, 2.45) is 0 Å². The number of benzene rings is 2. The number of thioether (sulfide) groups is 1. The number of carboxylic acid groups (broad SMARTS) is 1. The highest BCUT2D eigenvalue weighted by molar-refractivity contribution is 8.27. The van der Waals surface area contributed by atoms with Crippen LogP contribution in [-0.4, -0.2) is 42.1 Å². The second-order valence-electron chi connectivity index (χ2n) is 5.78. The van der Waals surface area contributed by atoms with E-state index in [1.54, 1.807) is 55.7 Å². The van der Waals surface area contributed by atoms with Gasteiger partial charge in [0.25, 0.3) is 5.91 Å². The highest BCUT2D eigenvalue weighted by Gasteiger charge is 2.33. The number of carbonyl (C=O) groups is 2. The van der Waals surface area contributed by atoms with Crippen LogP contribution in [0.2, 0.25) is 0 Å². The van der Waals surface area contributed by atoms with Crippen molar-refractivity contribution < 1.29 is 28.9 Å². The van der Waals surface area contributed by atoms with E-state index >= 15 is 0 Å². The molecule has 0 saturated carbocycles. The zero-order valence-corrected chi connectivity index (χ0v) is 17.2. The number of hydrogen-bond donors (Lipinski definition) is 1. The Morgan fingerprint density at radius 1 is 1.17 bits per heavy atom. The van der Waals surface area contributed by atoms with Gasteiger partial charge in [0.2, 0.25) is 0 Å². The lowest BCUT2D eigenvalue weighted by molar-refractivity contribution is -0.139. The van der Waals surface area contributed by atoms with Crippen molar-refractivity contribution in [2.75, 3.05) is 25.7 Å². The smallest absolute Gasteiger partial charge is 0.341 e. The minimum absolute atomic E-state index is 0.243. The molecule has 0 aliphatic carbocycles. The van der Waals surface area contributed by atoms with Crippen molar-refractivity contribution in [2.45, 2.75) is 0 Å². The van der Waals surface area contributed by atoms with Gasteiger partial charge in [0.15, 0.2) is 22.4 Å². The standard InChI is InChI=1S/C20H17NO6S2/c1-25-14-8-6-13(7-9-14)21-19(24)16(29-20(21)28)10-12-4-3-5-15(26-2)18(12)27-11-17(22)23/h3-10H,11H2,1-2H3,(H,22,23)/b16-10-. The Balaban J connectivity index is 1.93. The van der Waals surface area contributed by atoms with Crippen LogP contribution < -0.4 is 19.1 Å². The van der Waals surface area contributed by atoms with Crippen LogP contribution in [0.25, 0.3) is 6.08 Å². The number of methoxy groups -OCH3 is 2. The van der Waals surface area contributed by atoms with Crippen LogP contribution in [0.1, 0.15) is 5.56 Å². The summed E-state index contributed by atoms with van der Waals surface area (Å²) in [4.78, 5) is 25.7. The van der Waals surface area contributed by atoms with Crippen LogP contribution in [0, 0.1) is 0 Å². The predicted molar refractivity (Wildman–Crippen MR) is 115 cm³/mol. The average molecular weight is 431 g/mol. The van der Waals surface area contributed by atoms with E-state index in [4.69, 9.17) is 31.5 Å². The van der Waals surface area contributed by atoms with Gasteiger partial charge in [-0.15, -0.1) is 0 Å². The summed E-state index contributed by atoms with van der Waals surface area (Å²) in [7, 11) is 3.02. The molecule has 2 aromatic carbocycles. The summed E-state index contributed by atoms with van der Waals surface area (Å²) in [6.45, 7) is -0.534. The van der Waals surface area contributed by atoms with E-state index in [0.717, 1.165) is 11.8 Å². The second-order valence-corrected chi connectivity index (χ2v) is 7.45. The van der Waals surface area contributed by atoms with E-state index in [2.05, 4.69) is 0 Å². The summed E-state index contributed by atoms with van der Waals surface area (Å²) in [6.07, 6.45) is 1.61. The summed E-state index contributed by atoms with van der Waals surface area (Å²) in [5, 5.41) is 8.92. The maximum absolute atomic E-state index is 13.0. The summed E-state index contributed by atoms with van der Waals surface area (Å²) in [5.74, 6) is -0.117. The van der Waals surface area contributed by atoms with Crippen LogP contribution in [0.3, 0.4) is 0 Å². The van der Waals surface area contributed by atoms with Crippen LogP contribution in [0.5, 0.6) is 17.2 Å². The number of nitrogens with zero attached hydrogens (tertiary/aromatic N) is 1. The van der Waals surface area contributed by atoms with Gasteiger partial charge < -0.3 is 19.3 Å². The Kier molecular flexibility index (Phi) is 6.40. The summed E-state index contributed by atoms with van der Waals surface area (Å²) in [5.41, 5.74) is 1.14. The number of ether oxygens (including phenoxy) is 3. The van der Waals surface area contributed by atoms with Crippen LogP contribution in [0.15, 0.2) is 47.4 Å². The fourth-order valence-corrected chi connectivity index (χ4v) is 3.95. The topological polar surface area (TPSA) is 85.3 Å². The fourth-order valence-electron chi connectivity index (χ4n) is 2.66. The molecule has 7 nitrogen and oxygen atoms in total. The zero-order valence-electron chi connectivity index (χ0n) is 15.6. The lowest BCUT2D eigenvalue weighted by Crippen LogP contribution is -2.27. The Labute approximate surface area is 176 Å². The van der Waals surface area contributed by atoms with Gasteiger partial charge in [-0.25, -0.2) is 4.79 Å². The van der Waals surface area contributed by atoms with Crippen molar-refractivity contribution >= 4 is 51.9 Å². The Morgan fingerprint density at radius 2 is 1.90 bits per heavy atom. The van der Waals surface area contributed by atoms with Gasteiger partial charge >= 0.3 is 5.97 Å². The van der Waals surface area contributed by atoms with E-state index in [0.29, 0.717) is 32.0 Å². The molecule has 1 aliphatic rings. The number of hydrogen-bond acceptors (Lipinski definition) is 7. The lowest BCUT2D eigenvalue weighted by atomic mass is 10.1. The first-order valence-corrected chi connectivity index (χ1v) is 9.60. The second kappa shape index (κ2) is 8.97. The molecule has 1 fully saturated rings. The monoisotopic (exact) mass is 431 g/mol. The number of aliphatic carboxylic acids is 1. The molecule has 3 rings (SSSR count). The predicted octanol–water partition coefficient (Wildman–Crippen LogP) is 3.57. The van der Waals surface area contributed by atoms with Gasteiger partial charge in [0.05, 0.1) is 24.8 Å². The molecule has 1 aliphatic heterocycles. The number of thiocarbonyl (C=S) groups is 1. The molecule has 1 amide bonds. The normalized spacial score (nSPS) is 15.0. The molecular formula is C20H17NO6S2. The molecule has 2 aromatic rings. The molecule has 0 radical (unpaired) electrons. The Bertz CT molecular complexity index is 987. The minimum Gasteiger partial charge on any atom is -0.497 e. The van der Waals surface area contributed by atoms with Crippen LogP contribution >= 0.6 is 24.0 Å². The molecule has 150 valence electrons. The van der Waals surface area contributed by atoms with Crippen LogP contribution in [-0.2, 0) is 9.59 Å². The Morgan fingerprint density at radius 3 is 2.52 bits per heavy atom. The number of para-hydroxylation sites is 1. The highest BCUT2D eigenvalue weighted by atomic mass is 32.2. The maximum atomic E-state index is 13.0. The SMILES string of the molecule is COc1ccc(N2C(=O)/C(=C/c3cccc(OC)c3OCC(=O)O)SC2=S)cc1. The van der Waals surface area contributed by atoms with Crippen molar-refractivity contribution in [1.82, 2.24) is 0 Å². The summed E-state index contributed by atoms with van der Waals surface area (Å²) < 4.78 is 16.2. The van der Waals surface area contributed by atoms with Crippen LogP contribution in [0.4, 0.5) is 5.69 Å². The highest BCUT2D eigenvalue weighted by Crippen LogP contribution is 2.39. The number of rotatable bonds is 7. The van der Waals surface area contributed by atoms with Gasteiger partial charge in [-0.1, -0.05) is 36.1 Å². The van der Waals surface area contributed by atoms with E-state index < -0.39 is 12.6 Å². The van der Waals surface area contributed by atoms with Gasteiger partial charge in [-0.05, 0) is 36.4 Å². The zero-order chi connectivity index (χ0) is 21.0. The molecule has 0 unspecified atom stereocenters. The average Bonchev–Trinajstić information content (AvgIpc) is 2.99. The molecule has 0 bridgehead atoms. The molecule has 9 heteroatoms. The van der Waals surface area contributed by atoms with Crippen molar-refractivity contribution in [3.8, 4) is 17.2 Å². The quantitative estimate of drug-likeness (QED) is 0.526. The first-order chi connectivity index (χ1) is 13.9. The first-order valence-electron chi connectivity index (χ1n) is 8.38. The van der Waals surface area contributed by atoms with Gasteiger partial charge in [0.1, 0.15) is 5.75 Å².